The number of aliphatic hydroxyl groups is 1. The summed E-state index contributed by atoms with van der Waals surface area (Å²) in [4.78, 5) is 12.6. The second-order valence-corrected chi connectivity index (χ2v) is 3.45. The number of carboxylic acid groups (broad SMARTS) is 1. The van der Waals surface area contributed by atoms with Crippen LogP contribution in [0.2, 0.25) is 0 Å². The Morgan fingerprint density at radius 2 is 2.36 bits per heavy atom. The molecule has 11 heavy (non-hydrogen) atoms. The molecule has 0 amide bonds. The Bertz CT molecular complexity index is 206. The van der Waals surface area contributed by atoms with Crippen LogP contribution in [0.3, 0.4) is 0 Å². The van der Waals surface area contributed by atoms with E-state index in [-0.39, 0.29) is 5.92 Å². The van der Waals surface area contributed by atoms with E-state index in [0.717, 1.165) is 19.5 Å². The summed E-state index contributed by atoms with van der Waals surface area (Å²) in [5.41, 5.74) is -1.45. The van der Waals surface area contributed by atoms with E-state index in [1.807, 2.05) is 4.90 Å². The van der Waals surface area contributed by atoms with Crippen molar-refractivity contribution in [3.8, 4) is 0 Å². The lowest BCUT2D eigenvalue weighted by molar-refractivity contribution is -0.162. The number of piperidine rings is 1. The van der Waals surface area contributed by atoms with E-state index in [1.165, 1.54) is 0 Å². The molecule has 0 saturated carbocycles. The van der Waals surface area contributed by atoms with E-state index in [1.54, 1.807) is 0 Å². The summed E-state index contributed by atoms with van der Waals surface area (Å²) in [5.74, 6) is -1.11. The minimum Gasteiger partial charge on any atom is -0.479 e. The lowest BCUT2D eigenvalue weighted by Gasteiger charge is -2.27. The highest BCUT2D eigenvalue weighted by Crippen LogP contribution is 2.36. The molecule has 3 atom stereocenters. The predicted octanol–water partition coefficient (Wildman–Crippen LogP) is -0.862. The molecule has 2 heterocycles. The van der Waals surface area contributed by atoms with Crippen LogP contribution in [0.5, 0.6) is 0 Å². The lowest BCUT2D eigenvalue weighted by atomic mass is 9.88. The monoisotopic (exact) mass is 157 g/mol. The van der Waals surface area contributed by atoms with Crippen LogP contribution in [0.15, 0.2) is 0 Å². The van der Waals surface area contributed by atoms with Gasteiger partial charge in [0.2, 0.25) is 0 Å². The van der Waals surface area contributed by atoms with Crippen LogP contribution in [0.4, 0.5) is 0 Å². The van der Waals surface area contributed by atoms with E-state index >= 15 is 0 Å². The molecule has 0 aromatic carbocycles. The minimum absolute atomic E-state index is 0.0417. The maximum Gasteiger partial charge on any atom is 0.337 e. The Morgan fingerprint density at radius 1 is 1.64 bits per heavy atom. The van der Waals surface area contributed by atoms with Crippen molar-refractivity contribution in [2.45, 2.75) is 12.0 Å². The zero-order valence-electron chi connectivity index (χ0n) is 6.16. The second kappa shape index (κ2) is 1.95. The van der Waals surface area contributed by atoms with Gasteiger partial charge in [-0.05, 0) is 13.0 Å². The highest BCUT2D eigenvalue weighted by molar-refractivity contribution is 5.78. The molecule has 0 radical (unpaired) electrons. The standard InChI is InChI=1S/C7H11NO3/c9-6(10)7(11)4-8-2-1-5(7)3-8/h5,11H,1-4H2,(H,9,10)/t5-,7+/m1/s1. The summed E-state index contributed by atoms with van der Waals surface area (Å²) < 4.78 is 0. The van der Waals surface area contributed by atoms with Crippen molar-refractivity contribution in [3.05, 3.63) is 0 Å². The number of fused-ring (bicyclic) bond motifs is 2. The van der Waals surface area contributed by atoms with Crippen molar-refractivity contribution in [1.29, 1.82) is 0 Å². The van der Waals surface area contributed by atoms with Gasteiger partial charge in [0.15, 0.2) is 5.60 Å². The third kappa shape index (κ3) is 0.795. The molecule has 2 bridgehead atoms. The Labute approximate surface area is 64.4 Å². The highest BCUT2D eigenvalue weighted by atomic mass is 16.4. The molecule has 0 spiro atoms. The molecule has 0 aromatic heterocycles. The van der Waals surface area contributed by atoms with Gasteiger partial charge < -0.3 is 10.2 Å². The largest absolute Gasteiger partial charge is 0.479 e. The average Bonchev–Trinajstić information content (AvgIpc) is 2.45. The second-order valence-electron chi connectivity index (χ2n) is 3.45. The Kier molecular flexibility index (Phi) is 1.25. The van der Waals surface area contributed by atoms with Gasteiger partial charge >= 0.3 is 5.97 Å². The zero-order valence-corrected chi connectivity index (χ0v) is 6.16. The summed E-state index contributed by atoms with van der Waals surface area (Å²) in [6, 6.07) is 0. The van der Waals surface area contributed by atoms with Gasteiger partial charge in [-0.1, -0.05) is 0 Å². The first-order chi connectivity index (χ1) is 5.13. The Hall–Kier alpha value is -0.610. The van der Waals surface area contributed by atoms with Crippen molar-refractivity contribution < 1.29 is 15.0 Å². The topological polar surface area (TPSA) is 60.8 Å². The maximum absolute atomic E-state index is 10.6. The van der Waals surface area contributed by atoms with Crippen molar-refractivity contribution in [1.82, 2.24) is 4.90 Å². The fourth-order valence-corrected chi connectivity index (χ4v) is 2.08. The summed E-state index contributed by atoms with van der Waals surface area (Å²) >= 11 is 0. The van der Waals surface area contributed by atoms with Crippen LogP contribution >= 0.6 is 0 Å². The van der Waals surface area contributed by atoms with E-state index in [9.17, 15) is 9.90 Å². The molecule has 2 rings (SSSR count). The summed E-state index contributed by atoms with van der Waals surface area (Å²) in [6.07, 6.45) is 0.822. The SMILES string of the molecule is O=C(O)[C@]1(O)CN2CC[C@@H]1C2. The zero-order chi connectivity index (χ0) is 8.06. The molecule has 2 fully saturated rings. The number of carbonyl (C=O) groups is 1. The van der Waals surface area contributed by atoms with Gasteiger partial charge in [0, 0.05) is 19.0 Å². The molecule has 1 unspecified atom stereocenters. The van der Waals surface area contributed by atoms with Gasteiger partial charge in [-0.25, -0.2) is 4.79 Å². The van der Waals surface area contributed by atoms with Crippen LogP contribution < -0.4 is 0 Å². The number of nitrogens with zero attached hydrogens (tertiary/aromatic N) is 1. The Morgan fingerprint density at radius 3 is 2.64 bits per heavy atom. The molecule has 4 nitrogen and oxygen atoms in total. The van der Waals surface area contributed by atoms with Crippen LogP contribution in [0.25, 0.3) is 0 Å². The molecule has 4 heteroatoms. The quantitative estimate of drug-likeness (QED) is 0.520. The first-order valence-corrected chi connectivity index (χ1v) is 3.81. The van der Waals surface area contributed by atoms with Crippen LogP contribution in [-0.2, 0) is 4.79 Å². The van der Waals surface area contributed by atoms with Crippen LogP contribution in [-0.4, -0.2) is 46.3 Å². The van der Waals surface area contributed by atoms with Crippen molar-refractivity contribution >= 4 is 5.97 Å². The van der Waals surface area contributed by atoms with Gasteiger partial charge in [-0.3, -0.25) is 4.90 Å². The first kappa shape index (κ1) is 7.06. The molecular weight excluding hydrogens is 146 g/mol. The van der Waals surface area contributed by atoms with Gasteiger partial charge in [0.25, 0.3) is 0 Å². The molecule has 0 aromatic rings. The van der Waals surface area contributed by atoms with E-state index < -0.39 is 11.6 Å². The highest BCUT2D eigenvalue weighted by Gasteiger charge is 2.54. The van der Waals surface area contributed by atoms with Crippen molar-refractivity contribution in [2.75, 3.05) is 19.6 Å². The van der Waals surface area contributed by atoms with E-state index in [0.29, 0.717) is 6.54 Å². The Balaban J connectivity index is 2.23. The van der Waals surface area contributed by atoms with Crippen LogP contribution in [0.1, 0.15) is 6.42 Å². The molecule has 2 saturated heterocycles. The van der Waals surface area contributed by atoms with Crippen molar-refractivity contribution in [3.63, 3.8) is 0 Å². The smallest absolute Gasteiger partial charge is 0.337 e. The van der Waals surface area contributed by atoms with Crippen LogP contribution in [0, 0.1) is 5.92 Å². The van der Waals surface area contributed by atoms with E-state index in [2.05, 4.69) is 0 Å². The van der Waals surface area contributed by atoms with Crippen molar-refractivity contribution in [2.24, 2.45) is 5.92 Å². The fourth-order valence-electron chi connectivity index (χ4n) is 2.08. The summed E-state index contributed by atoms with van der Waals surface area (Å²) in [5, 5.41) is 18.3. The number of rotatable bonds is 1. The number of carboxylic acids is 1. The summed E-state index contributed by atoms with van der Waals surface area (Å²) in [6.45, 7) is 2.01. The number of hydrogen-bond donors (Lipinski definition) is 2. The minimum atomic E-state index is -1.45. The molecule has 0 aliphatic carbocycles. The normalized spacial score (nSPS) is 48.1. The van der Waals surface area contributed by atoms with Gasteiger partial charge in [-0.2, -0.15) is 0 Å². The average molecular weight is 157 g/mol. The molecule has 62 valence electrons. The van der Waals surface area contributed by atoms with Gasteiger partial charge in [0.1, 0.15) is 0 Å². The third-order valence-corrected chi connectivity index (χ3v) is 2.78. The first-order valence-electron chi connectivity index (χ1n) is 3.81. The number of hydrogen-bond acceptors (Lipinski definition) is 3. The van der Waals surface area contributed by atoms with E-state index in [4.69, 9.17) is 5.11 Å². The molecule has 2 aliphatic rings. The van der Waals surface area contributed by atoms with Gasteiger partial charge in [-0.15, -0.1) is 0 Å². The fraction of sp³-hybridized carbons (Fsp3) is 0.857. The lowest BCUT2D eigenvalue weighted by Crippen LogP contribution is -2.49. The molecule has 2 aliphatic heterocycles. The molecular formula is C7H11NO3. The van der Waals surface area contributed by atoms with Gasteiger partial charge in [0.05, 0.1) is 0 Å². The summed E-state index contributed by atoms with van der Waals surface area (Å²) in [7, 11) is 0. The third-order valence-electron chi connectivity index (χ3n) is 2.78. The molecule has 2 N–H and O–H groups in total. The predicted molar refractivity (Wildman–Crippen MR) is 37.1 cm³/mol. The number of aliphatic carboxylic acids is 1. The maximum atomic E-state index is 10.6.